The number of aromatic nitrogens is 1. The average Bonchev–Trinajstić information content (AvgIpc) is 2.86. The number of benzene rings is 1. The zero-order valence-electron chi connectivity index (χ0n) is 12.3. The van der Waals surface area contributed by atoms with Gasteiger partial charge in [0.2, 0.25) is 5.91 Å². The molecule has 2 rings (SSSR count). The molecule has 0 saturated carbocycles. The van der Waals surface area contributed by atoms with Crippen molar-refractivity contribution in [1.29, 1.82) is 0 Å². The molecule has 0 aliphatic heterocycles. The van der Waals surface area contributed by atoms with Gasteiger partial charge in [0.25, 0.3) is 0 Å². The molecule has 0 fully saturated rings. The predicted octanol–water partition coefficient (Wildman–Crippen LogP) is 3.97. The number of ether oxygens (including phenoxy) is 1. The largest absolute Gasteiger partial charge is 0.492 e. The maximum atomic E-state index is 12.3. The molecule has 1 aromatic heterocycles. The Bertz CT molecular complexity index is 613. The summed E-state index contributed by atoms with van der Waals surface area (Å²) in [6.45, 7) is 6.31. The molecule has 112 valence electrons. The quantitative estimate of drug-likeness (QED) is 0.818. The Balaban J connectivity index is 2.00. The molecule has 0 aliphatic rings. The maximum absolute atomic E-state index is 12.3. The van der Waals surface area contributed by atoms with Crippen LogP contribution in [0.5, 0.6) is 5.75 Å². The van der Waals surface area contributed by atoms with E-state index in [0.29, 0.717) is 18.0 Å². The number of amides is 1. The number of anilines is 1. The van der Waals surface area contributed by atoms with Crippen LogP contribution >= 0.6 is 23.1 Å². The van der Waals surface area contributed by atoms with Crippen LogP contribution in [-0.2, 0) is 4.79 Å². The van der Waals surface area contributed by atoms with Crippen molar-refractivity contribution < 1.29 is 9.53 Å². The molecule has 0 radical (unpaired) electrons. The molecule has 0 aliphatic carbocycles. The van der Waals surface area contributed by atoms with Gasteiger partial charge >= 0.3 is 0 Å². The van der Waals surface area contributed by atoms with E-state index in [1.54, 1.807) is 11.3 Å². The number of rotatable bonds is 6. The third-order valence-electron chi connectivity index (χ3n) is 2.69. The Morgan fingerprint density at radius 3 is 2.90 bits per heavy atom. The first kappa shape index (κ1) is 15.9. The van der Waals surface area contributed by atoms with Crippen molar-refractivity contribution in [3.8, 4) is 5.75 Å². The van der Waals surface area contributed by atoms with Crippen LogP contribution in [0.1, 0.15) is 19.5 Å². The summed E-state index contributed by atoms with van der Waals surface area (Å²) in [6, 6.07) is 7.45. The first-order valence-corrected chi connectivity index (χ1v) is 8.47. The van der Waals surface area contributed by atoms with Crippen LogP contribution in [0.15, 0.2) is 34.0 Å². The van der Waals surface area contributed by atoms with E-state index < -0.39 is 0 Å². The van der Waals surface area contributed by atoms with Crippen LogP contribution in [-0.4, -0.2) is 22.7 Å². The topological polar surface area (TPSA) is 51.2 Å². The highest BCUT2D eigenvalue weighted by molar-refractivity contribution is 8.02. The van der Waals surface area contributed by atoms with Gasteiger partial charge in [0, 0.05) is 11.1 Å². The van der Waals surface area contributed by atoms with Crippen LogP contribution in [0.25, 0.3) is 0 Å². The molecule has 1 atom stereocenters. The number of thioether (sulfide) groups is 1. The number of hydrogen-bond donors (Lipinski definition) is 1. The second-order valence-electron chi connectivity index (χ2n) is 4.43. The Kier molecular flexibility index (Phi) is 5.64. The van der Waals surface area contributed by atoms with E-state index in [0.717, 1.165) is 10.0 Å². The van der Waals surface area contributed by atoms with Crippen LogP contribution in [0.2, 0.25) is 0 Å². The van der Waals surface area contributed by atoms with Gasteiger partial charge in [-0.2, -0.15) is 0 Å². The molecule has 4 nitrogen and oxygen atoms in total. The molecule has 21 heavy (non-hydrogen) atoms. The Hall–Kier alpha value is -1.53. The number of nitrogens with zero attached hydrogens (tertiary/aromatic N) is 1. The molecular formula is C15H18N2O2S2. The average molecular weight is 322 g/mol. The van der Waals surface area contributed by atoms with E-state index in [4.69, 9.17) is 4.74 Å². The van der Waals surface area contributed by atoms with Crippen LogP contribution < -0.4 is 10.1 Å². The third-order valence-corrected chi connectivity index (χ3v) is 4.88. The molecule has 0 unspecified atom stereocenters. The number of aryl methyl sites for hydroxylation is 1. The lowest BCUT2D eigenvalue weighted by molar-refractivity contribution is -0.115. The second kappa shape index (κ2) is 7.47. The molecular weight excluding hydrogens is 304 g/mol. The molecule has 1 amide bonds. The molecule has 1 heterocycles. The van der Waals surface area contributed by atoms with Gasteiger partial charge in [-0.25, -0.2) is 4.98 Å². The molecule has 1 N–H and O–H groups in total. The van der Waals surface area contributed by atoms with Gasteiger partial charge in [-0.1, -0.05) is 23.9 Å². The maximum Gasteiger partial charge on any atom is 0.237 e. The predicted molar refractivity (Wildman–Crippen MR) is 88.4 cm³/mol. The summed E-state index contributed by atoms with van der Waals surface area (Å²) < 4.78 is 6.42. The lowest BCUT2D eigenvalue weighted by Gasteiger charge is -2.13. The summed E-state index contributed by atoms with van der Waals surface area (Å²) in [4.78, 5) is 16.6. The van der Waals surface area contributed by atoms with Gasteiger partial charge in [0.05, 0.1) is 17.5 Å². The van der Waals surface area contributed by atoms with Gasteiger partial charge in [-0.15, -0.1) is 11.3 Å². The lowest BCUT2D eigenvalue weighted by atomic mass is 10.3. The van der Waals surface area contributed by atoms with Crippen molar-refractivity contribution in [2.75, 3.05) is 11.9 Å². The van der Waals surface area contributed by atoms with Crippen molar-refractivity contribution in [3.05, 3.63) is 35.3 Å². The van der Waals surface area contributed by atoms with Crippen LogP contribution in [0.4, 0.5) is 5.69 Å². The van der Waals surface area contributed by atoms with Gasteiger partial charge in [-0.05, 0) is 32.9 Å². The number of carbonyl (C=O) groups excluding carboxylic acids is 1. The summed E-state index contributed by atoms with van der Waals surface area (Å²) in [5.74, 6) is 0.635. The number of para-hydroxylation sites is 2. The molecule has 0 spiro atoms. The number of thiazole rings is 1. The van der Waals surface area contributed by atoms with E-state index in [9.17, 15) is 4.79 Å². The SMILES string of the molecule is CCOc1ccccc1NC(=O)[C@H](C)Sc1nc(C)cs1. The monoisotopic (exact) mass is 322 g/mol. The van der Waals surface area contributed by atoms with E-state index in [1.807, 2.05) is 50.4 Å². The highest BCUT2D eigenvalue weighted by atomic mass is 32.2. The zero-order chi connectivity index (χ0) is 15.2. The lowest BCUT2D eigenvalue weighted by Crippen LogP contribution is -2.22. The van der Waals surface area contributed by atoms with Gasteiger partial charge in [-0.3, -0.25) is 4.79 Å². The molecule has 2 aromatic rings. The second-order valence-corrected chi connectivity index (χ2v) is 6.88. The highest BCUT2D eigenvalue weighted by Gasteiger charge is 2.17. The van der Waals surface area contributed by atoms with E-state index >= 15 is 0 Å². The molecule has 0 saturated heterocycles. The number of carbonyl (C=O) groups is 1. The minimum Gasteiger partial charge on any atom is -0.492 e. The summed E-state index contributed by atoms with van der Waals surface area (Å²) in [7, 11) is 0. The summed E-state index contributed by atoms with van der Waals surface area (Å²) in [6.07, 6.45) is 0. The van der Waals surface area contributed by atoms with Crippen molar-refractivity contribution in [2.45, 2.75) is 30.4 Å². The molecule has 1 aromatic carbocycles. The molecule has 0 bridgehead atoms. The van der Waals surface area contributed by atoms with Gasteiger partial charge in [0.1, 0.15) is 5.75 Å². The minimum absolute atomic E-state index is 0.0555. The normalized spacial score (nSPS) is 12.0. The fourth-order valence-electron chi connectivity index (χ4n) is 1.68. The Morgan fingerprint density at radius 2 is 2.24 bits per heavy atom. The third kappa shape index (κ3) is 4.47. The van der Waals surface area contributed by atoms with Crippen molar-refractivity contribution in [3.63, 3.8) is 0 Å². The van der Waals surface area contributed by atoms with Gasteiger partial charge in [0.15, 0.2) is 4.34 Å². The van der Waals surface area contributed by atoms with Crippen molar-refractivity contribution in [2.24, 2.45) is 0 Å². The fraction of sp³-hybridized carbons (Fsp3) is 0.333. The first-order valence-electron chi connectivity index (χ1n) is 6.71. The summed E-state index contributed by atoms with van der Waals surface area (Å²) >= 11 is 3.03. The number of nitrogens with one attached hydrogen (secondary N) is 1. The van der Waals surface area contributed by atoms with Gasteiger partial charge < -0.3 is 10.1 Å². The van der Waals surface area contributed by atoms with Crippen molar-refractivity contribution in [1.82, 2.24) is 4.98 Å². The smallest absolute Gasteiger partial charge is 0.237 e. The minimum atomic E-state index is -0.217. The van der Waals surface area contributed by atoms with E-state index in [-0.39, 0.29) is 11.2 Å². The standard InChI is InChI=1S/C15H18N2O2S2/c1-4-19-13-8-6-5-7-12(13)17-14(18)11(3)21-15-16-10(2)9-20-15/h5-9,11H,4H2,1-3H3,(H,17,18)/t11-/m0/s1. The summed E-state index contributed by atoms with van der Waals surface area (Å²) in [5, 5.41) is 4.68. The Labute approximate surface area is 132 Å². The zero-order valence-corrected chi connectivity index (χ0v) is 13.9. The van der Waals surface area contributed by atoms with E-state index in [2.05, 4.69) is 10.3 Å². The highest BCUT2D eigenvalue weighted by Crippen LogP contribution is 2.29. The van der Waals surface area contributed by atoms with Crippen LogP contribution in [0, 0.1) is 6.92 Å². The first-order chi connectivity index (χ1) is 10.1. The Morgan fingerprint density at radius 1 is 1.48 bits per heavy atom. The number of hydrogen-bond acceptors (Lipinski definition) is 5. The van der Waals surface area contributed by atoms with E-state index in [1.165, 1.54) is 11.8 Å². The van der Waals surface area contributed by atoms with Crippen LogP contribution in [0.3, 0.4) is 0 Å². The molecule has 6 heteroatoms. The fourth-order valence-corrected chi connectivity index (χ4v) is 3.66. The summed E-state index contributed by atoms with van der Waals surface area (Å²) in [5.41, 5.74) is 1.68. The van der Waals surface area contributed by atoms with Crippen molar-refractivity contribution >= 4 is 34.7 Å².